The second kappa shape index (κ2) is 8.01. The first-order valence-electron chi connectivity index (χ1n) is 8.14. The van der Waals surface area contributed by atoms with E-state index in [1.165, 1.54) is 5.01 Å². The molecule has 0 aromatic heterocycles. The summed E-state index contributed by atoms with van der Waals surface area (Å²) in [5.41, 5.74) is 0.874. The Balaban J connectivity index is 1.82. The van der Waals surface area contributed by atoms with Crippen LogP contribution in [0.25, 0.3) is 0 Å². The second-order valence-electron chi connectivity index (χ2n) is 5.54. The molecule has 0 spiro atoms. The van der Waals surface area contributed by atoms with Crippen LogP contribution >= 0.6 is 11.6 Å². The summed E-state index contributed by atoms with van der Waals surface area (Å²) in [6, 6.07) is 14.8. The number of para-hydroxylation sites is 1. The van der Waals surface area contributed by atoms with Gasteiger partial charge in [0, 0.05) is 11.4 Å². The number of anilines is 1. The maximum atomic E-state index is 12.7. The average Bonchev–Trinajstić information content (AvgIpc) is 3.10. The predicted octanol–water partition coefficient (Wildman–Crippen LogP) is 3.44. The van der Waals surface area contributed by atoms with E-state index in [1.807, 2.05) is 18.2 Å². The van der Waals surface area contributed by atoms with E-state index in [9.17, 15) is 9.59 Å². The molecule has 1 heterocycles. The number of hydrogen-bond acceptors (Lipinski definition) is 6. The highest BCUT2D eigenvalue weighted by atomic mass is 35.5. The fourth-order valence-corrected chi connectivity index (χ4v) is 2.66. The Hall–Kier alpha value is -2.86. The summed E-state index contributed by atoms with van der Waals surface area (Å²) in [6.07, 6.45) is 0.111. The number of hydrogen-bond donors (Lipinski definition) is 0. The van der Waals surface area contributed by atoms with Gasteiger partial charge in [0.25, 0.3) is 0 Å². The Bertz CT molecular complexity index is 821. The van der Waals surface area contributed by atoms with E-state index in [0.717, 1.165) is 0 Å². The lowest BCUT2D eigenvalue weighted by Crippen LogP contribution is -2.37. The average molecular weight is 373 g/mol. The lowest BCUT2D eigenvalue weighted by Gasteiger charge is -2.21. The molecule has 7 heteroatoms. The molecule has 0 saturated heterocycles. The molecule has 1 unspecified atom stereocenters. The van der Waals surface area contributed by atoms with Crippen molar-refractivity contribution in [1.29, 1.82) is 0 Å². The summed E-state index contributed by atoms with van der Waals surface area (Å²) in [5, 5.41) is 6.32. The molecule has 2 aromatic carbocycles. The van der Waals surface area contributed by atoms with Gasteiger partial charge in [-0.3, -0.25) is 5.01 Å². The van der Waals surface area contributed by atoms with Gasteiger partial charge in [0.2, 0.25) is 0 Å². The minimum absolute atomic E-state index is 0.111. The highest BCUT2D eigenvalue weighted by molar-refractivity contribution is 6.38. The Kier molecular flexibility index (Phi) is 5.53. The maximum absolute atomic E-state index is 12.7. The van der Waals surface area contributed by atoms with Crippen LogP contribution in [0, 0.1) is 0 Å². The molecule has 3 rings (SSSR count). The molecule has 1 aliphatic rings. The van der Waals surface area contributed by atoms with Crippen LogP contribution in [0.2, 0.25) is 5.02 Å². The standard InChI is InChI=1S/C19H17ClN2O4/c1-2-25-18(23)16-12-17(22(21-16)14-6-4-3-5-7-14)19(24)26-15-10-8-13(20)9-11-15/h3-11,17H,2,12H2,1H3. The molecule has 0 amide bonds. The minimum atomic E-state index is -0.757. The number of carbonyl (C=O) groups is 2. The number of benzene rings is 2. The van der Waals surface area contributed by atoms with E-state index in [1.54, 1.807) is 43.3 Å². The van der Waals surface area contributed by atoms with Gasteiger partial charge in [-0.05, 0) is 43.3 Å². The third-order valence-electron chi connectivity index (χ3n) is 3.75. The van der Waals surface area contributed by atoms with Crippen molar-refractivity contribution in [1.82, 2.24) is 0 Å². The summed E-state index contributed by atoms with van der Waals surface area (Å²) in [4.78, 5) is 24.7. The van der Waals surface area contributed by atoms with E-state index in [2.05, 4.69) is 5.10 Å². The van der Waals surface area contributed by atoms with Gasteiger partial charge < -0.3 is 9.47 Å². The third-order valence-corrected chi connectivity index (χ3v) is 4.00. The highest BCUT2D eigenvalue weighted by Crippen LogP contribution is 2.26. The van der Waals surface area contributed by atoms with Crippen molar-refractivity contribution in [2.45, 2.75) is 19.4 Å². The molecule has 134 valence electrons. The van der Waals surface area contributed by atoms with Crippen LogP contribution in [-0.4, -0.2) is 30.3 Å². The number of rotatable bonds is 5. The Morgan fingerprint density at radius 3 is 2.50 bits per heavy atom. The molecule has 0 N–H and O–H groups in total. The summed E-state index contributed by atoms with van der Waals surface area (Å²) in [6.45, 7) is 1.96. The third kappa shape index (κ3) is 4.03. The first-order valence-corrected chi connectivity index (χ1v) is 8.52. The van der Waals surface area contributed by atoms with E-state index >= 15 is 0 Å². The molecule has 0 bridgehead atoms. The van der Waals surface area contributed by atoms with Crippen LogP contribution < -0.4 is 9.75 Å². The van der Waals surface area contributed by atoms with Gasteiger partial charge in [0.15, 0.2) is 6.04 Å². The molecule has 1 atom stereocenters. The topological polar surface area (TPSA) is 68.2 Å². The fraction of sp³-hybridized carbons (Fsp3) is 0.211. The zero-order valence-corrected chi connectivity index (χ0v) is 14.8. The minimum Gasteiger partial charge on any atom is -0.461 e. The van der Waals surface area contributed by atoms with Crippen molar-refractivity contribution in [2.75, 3.05) is 11.6 Å². The molecule has 0 aliphatic carbocycles. The number of carbonyl (C=O) groups excluding carboxylic acids is 2. The van der Waals surface area contributed by atoms with Crippen molar-refractivity contribution >= 4 is 34.9 Å². The molecular formula is C19H17ClN2O4. The summed E-state index contributed by atoms with van der Waals surface area (Å²) in [7, 11) is 0. The first-order chi connectivity index (χ1) is 12.6. The highest BCUT2D eigenvalue weighted by Gasteiger charge is 2.38. The summed E-state index contributed by atoms with van der Waals surface area (Å²) in [5.74, 6) is -0.675. The second-order valence-corrected chi connectivity index (χ2v) is 5.98. The zero-order valence-electron chi connectivity index (χ0n) is 14.1. The number of esters is 2. The molecule has 0 fully saturated rings. The van der Waals surface area contributed by atoms with Crippen molar-refractivity contribution in [3.8, 4) is 5.75 Å². The van der Waals surface area contributed by atoms with Gasteiger partial charge in [-0.15, -0.1) is 0 Å². The molecule has 6 nitrogen and oxygen atoms in total. The van der Waals surface area contributed by atoms with Gasteiger partial charge in [-0.1, -0.05) is 29.8 Å². The molecule has 0 saturated carbocycles. The lowest BCUT2D eigenvalue weighted by atomic mass is 10.1. The van der Waals surface area contributed by atoms with E-state index in [0.29, 0.717) is 16.5 Å². The van der Waals surface area contributed by atoms with Gasteiger partial charge in [-0.2, -0.15) is 5.10 Å². The Labute approximate surface area is 156 Å². The smallest absolute Gasteiger partial charge is 0.354 e. The van der Waals surface area contributed by atoms with Gasteiger partial charge in [0.05, 0.1) is 12.3 Å². The summed E-state index contributed by atoms with van der Waals surface area (Å²) >= 11 is 5.84. The van der Waals surface area contributed by atoms with Gasteiger partial charge in [-0.25, -0.2) is 9.59 Å². The largest absolute Gasteiger partial charge is 0.461 e. The summed E-state index contributed by atoms with van der Waals surface area (Å²) < 4.78 is 10.4. The monoisotopic (exact) mass is 372 g/mol. The molecule has 26 heavy (non-hydrogen) atoms. The van der Waals surface area contributed by atoms with Crippen LogP contribution in [0.5, 0.6) is 5.75 Å². The van der Waals surface area contributed by atoms with Crippen molar-refractivity contribution < 1.29 is 19.1 Å². The quantitative estimate of drug-likeness (QED) is 0.594. The number of halogens is 1. The van der Waals surface area contributed by atoms with Crippen LogP contribution in [0.4, 0.5) is 5.69 Å². The molecule has 1 aliphatic heterocycles. The van der Waals surface area contributed by atoms with Crippen molar-refractivity contribution in [3.63, 3.8) is 0 Å². The van der Waals surface area contributed by atoms with Gasteiger partial charge in [0.1, 0.15) is 11.5 Å². The predicted molar refractivity (Wildman–Crippen MR) is 98.5 cm³/mol. The van der Waals surface area contributed by atoms with Crippen LogP contribution in [-0.2, 0) is 14.3 Å². The number of ether oxygens (including phenoxy) is 2. The Morgan fingerprint density at radius 1 is 1.15 bits per heavy atom. The van der Waals surface area contributed by atoms with Crippen LogP contribution in [0.3, 0.4) is 0 Å². The molecule has 0 radical (unpaired) electrons. The number of nitrogens with zero attached hydrogens (tertiary/aromatic N) is 2. The molecule has 2 aromatic rings. The first kappa shape index (κ1) is 17.9. The lowest BCUT2D eigenvalue weighted by molar-refractivity contribution is -0.135. The molecular weight excluding hydrogens is 356 g/mol. The van der Waals surface area contributed by atoms with E-state index in [-0.39, 0.29) is 18.7 Å². The van der Waals surface area contributed by atoms with Crippen molar-refractivity contribution in [2.24, 2.45) is 5.10 Å². The van der Waals surface area contributed by atoms with E-state index < -0.39 is 18.0 Å². The maximum Gasteiger partial charge on any atom is 0.354 e. The normalized spacial score (nSPS) is 16.2. The fourth-order valence-electron chi connectivity index (χ4n) is 2.54. The zero-order chi connectivity index (χ0) is 18.5. The van der Waals surface area contributed by atoms with Gasteiger partial charge >= 0.3 is 11.9 Å². The van der Waals surface area contributed by atoms with Crippen molar-refractivity contribution in [3.05, 3.63) is 59.6 Å². The van der Waals surface area contributed by atoms with Crippen LogP contribution in [0.15, 0.2) is 59.7 Å². The Morgan fingerprint density at radius 2 is 1.85 bits per heavy atom. The SMILES string of the molecule is CCOC(=O)C1=NN(c2ccccc2)C(C(=O)Oc2ccc(Cl)cc2)C1. The number of hydrazone groups is 1. The van der Waals surface area contributed by atoms with Crippen LogP contribution in [0.1, 0.15) is 13.3 Å². The van der Waals surface area contributed by atoms with E-state index in [4.69, 9.17) is 21.1 Å².